The summed E-state index contributed by atoms with van der Waals surface area (Å²) in [6, 6.07) is 2.01. The molecule has 0 aliphatic carbocycles. The molecule has 3 N–H and O–H groups in total. The quantitative estimate of drug-likeness (QED) is 0.864. The summed E-state index contributed by atoms with van der Waals surface area (Å²) in [5.74, 6) is -0.366. The van der Waals surface area contributed by atoms with Crippen LogP contribution < -0.4 is 5.73 Å². The van der Waals surface area contributed by atoms with Gasteiger partial charge in [-0.2, -0.15) is 0 Å². The van der Waals surface area contributed by atoms with Gasteiger partial charge < -0.3 is 10.7 Å². The maximum atomic E-state index is 13.4. The summed E-state index contributed by atoms with van der Waals surface area (Å²) in [7, 11) is 0. The second kappa shape index (κ2) is 4.41. The van der Waals surface area contributed by atoms with Crippen molar-refractivity contribution in [1.82, 2.24) is 9.97 Å². The topological polar surface area (TPSA) is 54.7 Å². The summed E-state index contributed by atoms with van der Waals surface area (Å²) in [6.45, 7) is 4.02. The van der Waals surface area contributed by atoms with Gasteiger partial charge in [0.15, 0.2) is 5.82 Å². The number of H-pyrrole nitrogens is 1. The van der Waals surface area contributed by atoms with Crippen LogP contribution in [0.1, 0.15) is 19.7 Å². The van der Waals surface area contributed by atoms with Crippen LogP contribution in [0.15, 0.2) is 12.1 Å². The van der Waals surface area contributed by atoms with E-state index in [0.29, 0.717) is 23.7 Å². The standard InChI is InChI=1S/C12H15F2N3/c1-6(2)9(15)5-11-16-10-4-7(13)3-8(14)12(10)17-11/h3-4,6,9H,5,15H2,1-2H3,(H,16,17). The molecule has 3 nitrogen and oxygen atoms in total. The van der Waals surface area contributed by atoms with Crippen molar-refractivity contribution in [2.75, 3.05) is 0 Å². The molecule has 0 saturated carbocycles. The number of benzene rings is 1. The lowest BCUT2D eigenvalue weighted by atomic mass is 10.0. The van der Waals surface area contributed by atoms with Gasteiger partial charge in [-0.25, -0.2) is 13.8 Å². The number of halogens is 2. The van der Waals surface area contributed by atoms with E-state index in [2.05, 4.69) is 9.97 Å². The summed E-state index contributed by atoms with van der Waals surface area (Å²) in [5.41, 5.74) is 6.44. The van der Waals surface area contributed by atoms with Gasteiger partial charge in [0, 0.05) is 18.5 Å². The molecule has 17 heavy (non-hydrogen) atoms. The first-order valence-electron chi connectivity index (χ1n) is 5.56. The number of hydrogen-bond donors (Lipinski definition) is 2. The van der Waals surface area contributed by atoms with Gasteiger partial charge in [-0.3, -0.25) is 0 Å². The van der Waals surface area contributed by atoms with E-state index in [9.17, 15) is 8.78 Å². The van der Waals surface area contributed by atoms with Crippen LogP contribution in [0.4, 0.5) is 8.78 Å². The van der Waals surface area contributed by atoms with Crippen molar-refractivity contribution in [3.63, 3.8) is 0 Å². The number of imidazole rings is 1. The SMILES string of the molecule is CC(C)C(N)Cc1nc2c(F)cc(F)cc2[nH]1. The molecule has 1 atom stereocenters. The lowest BCUT2D eigenvalue weighted by Gasteiger charge is -2.13. The van der Waals surface area contributed by atoms with Gasteiger partial charge in [0.2, 0.25) is 0 Å². The highest BCUT2D eigenvalue weighted by atomic mass is 19.1. The van der Waals surface area contributed by atoms with E-state index in [-0.39, 0.29) is 11.6 Å². The van der Waals surface area contributed by atoms with Crippen molar-refractivity contribution in [1.29, 1.82) is 0 Å². The van der Waals surface area contributed by atoms with Crippen molar-refractivity contribution < 1.29 is 8.78 Å². The minimum atomic E-state index is -0.652. The van der Waals surface area contributed by atoms with E-state index in [0.717, 1.165) is 6.07 Å². The molecule has 0 spiro atoms. The Morgan fingerprint density at radius 1 is 1.35 bits per heavy atom. The van der Waals surface area contributed by atoms with Gasteiger partial charge in [-0.05, 0) is 12.0 Å². The maximum absolute atomic E-state index is 13.4. The van der Waals surface area contributed by atoms with Crippen LogP contribution in [0.3, 0.4) is 0 Å². The van der Waals surface area contributed by atoms with E-state index in [1.807, 2.05) is 13.8 Å². The summed E-state index contributed by atoms with van der Waals surface area (Å²) in [5, 5.41) is 0. The average molecular weight is 239 g/mol. The predicted molar refractivity (Wildman–Crippen MR) is 62.5 cm³/mol. The van der Waals surface area contributed by atoms with Crippen LogP contribution in [0.25, 0.3) is 11.0 Å². The van der Waals surface area contributed by atoms with E-state index < -0.39 is 11.6 Å². The van der Waals surface area contributed by atoms with Crippen LogP contribution >= 0.6 is 0 Å². The number of aromatic nitrogens is 2. The summed E-state index contributed by atoms with van der Waals surface area (Å²) < 4.78 is 26.4. The van der Waals surface area contributed by atoms with Gasteiger partial charge in [0.05, 0.1) is 5.52 Å². The summed E-state index contributed by atoms with van der Waals surface area (Å²) >= 11 is 0. The minimum Gasteiger partial charge on any atom is -0.342 e. The molecule has 1 aromatic carbocycles. The molecule has 1 aromatic heterocycles. The normalized spacial score (nSPS) is 13.5. The van der Waals surface area contributed by atoms with Crippen LogP contribution in [-0.4, -0.2) is 16.0 Å². The van der Waals surface area contributed by atoms with Gasteiger partial charge in [-0.1, -0.05) is 13.8 Å². The number of aromatic amines is 1. The lowest BCUT2D eigenvalue weighted by Crippen LogP contribution is -2.29. The number of nitrogens with two attached hydrogens (primary N) is 1. The molecule has 1 heterocycles. The third kappa shape index (κ3) is 2.44. The number of rotatable bonds is 3. The van der Waals surface area contributed by atoms with Gasteiger partial charge in [0.25, 0.3) is 0 Å². The molecular weight excluding hydrogens is 224 g/mol. The highest BCUT2D eigenvalue weighted by Crippen LogP contribution is 2.18. The predicted octanol–water partition coefficient (Wildman–Crippen LogP) is 2.37. The molecule has 0 aliphatic rings. The van der Waals surface area contributed by atoms with Crippen molar-refractivity contribution in [3.05, 3.63) is 29.6 Å². The van der Waals surface area contributed by atoms with Gasteiger partial charge in [0.1, 0.15) is 17.2 Å². The van der Waals surface area contributed by atoms with Gasteiger partial charge >= 0.3 is 0 Å². The summed E-state index contributed by atoms with van der Waals surface area (Å²) in [4.78, 5) is 6.99. The van der Waals surface area contributed by atoms with E-state index in [1.54, 1.807) is 0 Å². The number of hydrogen-bond acceptors (Lipinski definition) is 2. The number of nitrogens with zero attached hydrogens (tertiary/aromatic N) is 1. The Labute approximate surface area is 98.0 Å². The number of fused-ring (bicyclic) bond motifs is 1. The largest absolute Gasteiger partial charge is 0.342 e. The maximum Gasteiger partial charge on any atom is 0.153 e. The molecule has 2 rings (SSSR count). The van der Waals surface area contributed by atoms with Crippen molar-refractivity contribution in [2.24, 2.45) is 11.7 Å². The minimum absolute atomic E-state index is 0.0523. The van der Waals surface area contributed by atoms with Crippen molar-refractivity contribution >= 4 is 11.0 Å². The fourth-order valence-corrected chi connectivity index (χ4v) is 1.65. The molecule has 0 radical (unpaired) electrons. The highest BCUT2D eigenvalue weighted by molar-refractivity contribution is 5.75. The zero-order valence-corrected chi connectivity index (χ0v) is 9.80. The average Bonchev–Trinajstić information content (AvgIpc) is 2.60. The molecule has 2 aromatic rings. The first-order chi connectivity index (χ1) is 7.97. The zero-order chi connectivity index (χ0) is 12.6. The Balaban J connectivity index is 2.35. The van der Waals surface area contributed by atoms with Crippen LogP contribution in [0.2, 0.25) is 0 Å². The molecule has 92 valence electrons. The van der Waals surface area contributed by atoms with Gasteiger partial charge in [-0.15, -0.1) is 0 Å². The van der Waals surface area contributed by atoms with E-state index in [1.165, 1.54) is 6.07 Å². The highest BCUT2D eigenvalue weighted by Gasteiger charge is 2.14. The number of nitrogens with one attached hydrogen (secondary N) is 1. The summed E-state index contributed by atoms with van der Waals surface area (Å²) in [6.07, 6.45) is 0.521. The zero-order valence-electron chi connectivity index (χ0n) is 9.80. The van der Waals surface area contributed by atoms with Crippen LogP contribution in [0.5, 0.6) is 0 Å². The van der Waals surface area contributed by atoms with Crippen LogP contribution in [0, 0.1) is 17.6 Å². The second-order valence-corrected chi connectivity index (χ2v) is 4.58. The monoisotopic (exact) mass is 239 g/mol. The van der Waals surface area contributed by atoms with Crippen LogP contribution in [-0.2, 0) is 6.42 Å². The van der Waals surface area contributed by atoms with E-state index in [4.69, 9.17) is 5.73 Å². The Morgan fingerprint density at radius 3 is 2.71 bits per heavy atom. The first kappa shape index (κ1) is 12.0. The smallest absolute Gasteiger partial charge is 0.153 e. The molecule has 0 saturated heterocycles. The fourth-order valence-electron chi connectivity index (χ4n) is 1.65. The molecule has 1 unspecified atom stereocenters. The third-order valence-corrected chi connectivity index (χ3v) is 2.84. The van der Waals surface area contributed by atoms with E-state index >= 15 is 0 Å². The Morgan fingerprint density at radius 2 is 2.06 bits per heavy atom. The lowest BCUT2D eigenvalue weighted by molar-refractivity contribution is 0.483. The molecule has 0 fully saturated rings. The molecule has 0 amide bonds. The molecule has 0 bridgehead atoms. The molecular formula is C12H15F2N3. The van der Waals surface area contributed by atoms with Crippen molar-refractivity contribution in [3.8, 4) is 0 Å². The first-order valence-corrected chi connectivity index (χ1v) is 5.56. The van der Waals surface area contributed by atoms with Crippen molar-refractivity contribution in [2.45, 2.75) is 26.3 Å². The fraction of sp³-hybridized carbons (Fsp3) is 0.417. The second-order valence-electron chi connectivity index (χ2n) is 4.58. The Hall–Kier alpha value is -1.49. The molecule has 0 aliphatic heterocycles. The Kier molecular flexibility index (Phi) is 3.11. The third-order valence-electron chi connectivity index (χ3n) is 2.84. The Bertz CT molecular complexity index is 534. The molecule has 5 heteroatoms.